The summed E-state index contributed by atoms with van der Waals surface area (Å²) in [6, 6.07) is 15.2. The third-order valence-electron chi connectivity index (χ3n) is 3.30. The fourth-order valence-electron chi connectivity index (χ4n) is 2.02. The molecule has 0 bridgehead atoms. The summed E-state index contributed by atoms with van der Waals surface area (Å²) in [4.78, 5) is 0. The van der Waals surface area contributed by atoms with Crippen LogP contribution in [0, 0.1) is 0 Å². The van der Waals surface area contributed by atoms with Gasteiger partial charge in [-0.3, -0.25) is 0 Å². The highest BCUT2D eigenvalue weighted by Crippen LogP contribution is 2.22. The van der Waals surface area contributed by atoms with Gasteiger partial charge in [0.2, 0.25) is 0 Å². The van der Waals surface area contributed by atoms with Crippen LogP contribution in [-0.4, -0.2) is 19.0 Å². The van der Waals surface area contributed by atoms with Gasteiger partial charge < -0.3 is 19.3 Å². The zero-order chi connectivity index (χ0) is 15.8. The summed E-state index contributed by atoms with van der Waals surface area (Å²) >= 11 is 0. The lowest BCUT2D eigenvalue weighted by molar-refractivity contribution is 0.0511. The Morgan fingerprint density at radius 2 is 1.77 bits per heavy atom. The molecule has 0 aliphatic rings. The van der Waals surface area contributed by atoms with Crippen molar-refractivity contribution in [2.24, 2.45) is 0 Å². The monoisotopic (exact) mass is 302 g/mol. The molecule has 22 heavy (non-hydrogen) atoms. The van der Waals surface area contributed by atoms with E-state index in [9.17, 15) is 5.11 Å². The second-order valence-electron chi connectivity index (χ2n) is 4.98. The molecule has 0 fully saturated rings. The summed E-state index contributed by atoms with van der Waals surface area (Å²) in [6.45, 7) is 2.66. The SMILES string of the molecule is CCC(O)c1cccc(OCc2ccc(OCOC)cc2)c1. The molecular weight excluding hydrogens is 280 g/mol. The lowest BCUT2D eigenvalue weighted by Gasteiger charge is -2.11. The molecule has 4 heteroatoms. The molecule has 118 valence electrons. The Bertz CT molecular complexity index is 566. The molecule has 4 nitrogen and oxygen atoms in total. The van der Waals surface area contributed by atoms with Crippen LogP contribution in [0.3, 0.4) is 0 Å². The lowest BCUT2D eigenvalue weighted by atomic mass is 10.1. The average molecular weight is 302 g/mol. The van der Waals surface area contributed by atoms with Crippen LogP contribution in [0.15, 0.2) is 48.5 Å². The summed E-state index contributed by atoms with van der Waals surface area (Å²) in [6.07, 6.45) is 0.243. The van der Waals surface area contributed by atoms with Gasteiger partial charge in [-0.05, 0) is 41.8 Å². The minimum atomic E-state index is -0.444. The number of methoxy groups -OCH3 is 1. The normalized spacial score (nSPS) is 12.0. The van der Waals surface area contributed by atoms with Gasteiger partial charge in [0, 0.05) is 7.11 Å². The topological polar surface area (TPSA) is 47.9 Å². The van der Waals surface area contributed by atoms with E-state index in [1.165, 1.54) is 0 Å². The smallest absolute Gasteiger partial charge is 0.188 e. The first-order chi connectivity index (χ1) is 10.7. The predicted molar refractivity (Wildman–Crippen MR) is 85.0 cm³/mol. The molecule has 2 aromatic rings. The van der Waals surface area contributed by atoms with E-state index in [-0.39, 0.29) is 6.79 Å². The lowest BCUT2D eigenvalue weighted by Crippen LogP contribution is -2.00. The number of aliphatic hydroxyl groups excluding tert-OH is 1. The Kier molecular flexibility index (Phi) is 6.25. The number of ether oxygens (including phenoxy) is 3. The van der Waals surface area contributed by atoms with Gasteiger partial charge in [0.25, 0.3) is 0 Å². The van der Waals surface area contributed by atoms with Crippen LogP contribution in [-0.2, 0) is 11.3 Å². The molecule has 2 aromatic carbocycles. The molecule has 0 saturated heterocycles. The second-order valence-corrected chi connectivity index (χ2v) is 4.98. The highest BCUT2D eigenvalue weighted by Gasteiger charge is 2.06. The first-order valence-corrected chi connectivity index (χ1v) is 7.34. The van der Waals surface area contributed by atoms with E-state index in [4.69, 9.17) is 14.2 Å². The number of benzene rings is 2. The first kappa shape index (κ1) is 16.3. The quantitative estimate of drug-likeness (QED) is 0.755. The fourth-order valence-corrected chi connectivity index (χ4v) is 2.02. The van der Waals surface area contributed by atoms with Crippen LogP contribution in [0.25, 0.3) is 0 Å². The number of hydrogen-bond donors (Lipinski definition) is 1. The Labute approximate surface area is 131 Å². The van der Waals surface area contributed by atoms with Crippen LogP contribution in [0.4, 0.5) is 0 Å². The first-order valence-electron chi connectivity index (χ1n) is 7.34. The van der Waals surface area contributed by atoms with Gasteiger partial charge >= 0.3 is 0 Å². The third kappa shape index (κ3) is 4.76. The number of aliphatic hydroxyl groups is 1. The van der Waals surface area contributed by atoms with E-state index in [0.29, 0.717) is 13.0 Å². The van der Waals surface area contributed by atoms with Crippen molar-refractivity contribution in [3.63, 3.8) is 0 Å². The molecule has 2 rings (SSSR count). The van der Waals surface area contributed by atoms with Crippen molar-refractivity contribution in [2.75, 3.05) is 13.9 Å². The summed E-state index contributed by atoms with van der Waals surface area (Å²) < 4.78 is 16.0. The Morgan fingerprint density at radius 1 is 1.00 bits per heavy atom. The molecular formula is C18H22O4. The molecule has 0 heterocycles. The summed E-state index contributed by atoms with van der Waals surface area (Å²) in [5.41, 5.74) is 1.93. The van der Waals surface area contributed by atoms with Crippen molar-refractivity contribution >= 4 is 0 Å². The molecule has 0 aromatic heterocycles. The van der Waals surface area contributed by atoms with Crippen molar-refractivity contribution in [3.8, 4) is 11.5 Å². The highest BCUT2D eigenvalue weighted by atomic mass is 16.7. The maximum atomic E-state index is 9.86. The highest BCUT2D eigenvalue weighted by molar-refractivity contribution is 5.31. The Hall–Kier alpha value is -2.04. The van der Waals surface area contributed by atoms with Gasteiger partial charge in [-0.1, -0.05) is 31.2 Å². The molecule has 0 aliphatic carbocycles. The van der Waals surface area contributed by atoms with Crippen LogP contribution < -0.4 is 9.47 Å². The van der Waals surface area contributed by atoms with Gasteiger partial charge in [-0.2, -0.15) is 0 Å². The van der Waals surface area contributed by atoms with Gasteiger partial charge in [-0.25, -0.2) is 0 Å². The molecule has 0 aliphatic heterocycles. The maximum absolute atomic E-state index is 9.86. The van der Waals surface area contributed by atoms with Crippen molar-refractivity contribution in [1.82, 2.24) is 0 Å². The van der Waals surface area contributed by atoms with Gasteiger partial charge in [0.05, 0.1) is 6.10 Å². The van der Waals surface area contributed by atoms with E-state index in [1.54, 1.807) is 7.11 Å². The minimum absolute atomic E-state index is 0.238. The van der Waals surface area contributed by atoms with E-state index < -0.39 is 6.10 Å². The zero-order valence-electron chi connectivity index (χ0n) is 13.0. The van der Waals surface area contributed by atoms with Gasteiger partial charge in [0.1, 0.15) is 18.1 Å². The van der Waals surface area contributed by atoms with Crippen LogP contribution >= 0.6 is 0 Å². The Morgan fingerprint density at radius 3 is 2.45 bits per heavy atom. The van der Waals surface area contributed by atoms with Crippen LogP contribution in [0.2, 0.25) is 0 Å². The summed E-state index contributed by atoms with van der Waals surface area (Å²) in [5.74, 6) is 1.52. The zero-order valence-corrected chi connectivity index (χ0v) is 13.0. The molecule has 1 unspecified atom stereocenters. The maximum Gasteiger partial charge on any atom is 0.188 e. The van der Waals surface area contributed by atoms with E-state index in [0.717, 1.165) is 22.6 Å². The second kappa shape index (κ2) is 8.41. The molecule has 0 amide bonds. The molecule has 1 N–H and O–H groups in total. The fraction of sp³-hybridized carbons (Fsp3) is 0.333. The van der Waals surface area contributed by atoms with Crippen molar-refractivity contribution in [2.45, 2.75) is 26.1 Å². The number of rotatable bonds is 8. The van der Waals surface area contributed by atoms with Crippen molar-refractivity contribution in [1.29, 1.82) is 0 Å². The van der Waals surface area contributed by atoms with Crippen molar-refractivity contribution in [3.05, 3.63) is 59.7 Å². The van der Waals surface area contributed by atoms with Crippen LogP contribution in [0.5, 0.6) is 11.5 Å². The molecule has 0 spiro atoms. The average Bonchev–Trinajstić information content (AvgIpc) is 2.58. The van der Waals surface area contributed by atoms with Gasteiger partial charge in [-0.15, -0.1) is 0 Å². The molecule has 0 radical (unpaired) electrons. The van der Waals surface area contributed by atoms with E-state index in [2.05, 4.69) is 0 Å². The molecule has 0 saturated carbocycles. The summed E-state index contributed by atoms with van der Waals surface area (Å²) in [7, 11) is 1.59. The number of hydrogen-bond acceptors (Lipinski definition) is 4. The Balaban J connectivity index is 1.92. The van der Waals surface area contributed by atoms with Gasteiger partial charge in [0.15, 0.2) is 6.79 Å². The largest absolute Gasteiger partial charge is 0.489 e. The van der Waals surface area contributed by atoms with Crippen LogP contribution in [0.1, 0.15) is 30.6 Å². The summed E-state index contributed by atoms with van der Waals surface area (Å²) in [5, 5.41) is 9.86. The standard InChI is InChI=1S/C18H22O4/c1-3-18(19)15-5-4-6-17(11-15)21-12-14-7-9-16(10-8-14)22-13-20-2/h4-11,18-19H,3,12-13H2,1-2H3. The molecule has 1 atom stereocenters. The minimum Gasteiger partial charge on any atom is -0.489 e. The predicted octanol–water partition coefficient (Wildman–Crippen LogP) is 3.69. The van der Waals surface area contributed by atoms with Crippen molar-refractivity contribution < 1.29 is 19.3 Å². The third-order valence-corrected chi connectivity index (χ3v) is 3.30. The van der Waals surface area contributed by atoms with E-state index in [1.807, 2.05) is 55.5 Å². The van der Waals surface area contributed by atoms with E-state index >= 15 is 0 Å².